The van der Waals surface area contributed by atoms with E-state index < -0.39 is 0 Å². The molecule has 2 heterocycles. The Bertz CT molecular complexity index is 345. The molecule has 3 nitrogen and oxygen atoms in total. The van der Waals surface area contributed by atoms with E-state index in [0.717, 1.165) is 0 Å². The maximum Gasteiger partial charge on any atom is 0.139 e. The molecule has 0 radical (unpaired) electrons. The van der Waals surface area contributed by atoms with Gasteiger partial charge in [-0.05, 0) is 12.1 Å². The summed E-state index contributed by atoms with van der Waals surface area (Å²) in [5.41, 5.74) is 0. The Morgan fingerprint density at radius 2 is 2.38 bits per heavy atom. The van der Waals surface area contributed by atoms with Crippen LogP contribution in [0.4, 0.5) is 10.2 Å². The fourth-order valence-corrected chi connectivity index (χ4v) is 1.14. The highest BCUT2D eigenvalue weighted by Crippen LogP contribution is 2.15. The minimum Gasteiger partial charge on any atom is -0.326 e. The standard InChI is InChI=1S/C9H8FN3/c10-8-2-1-5-13(6-8)9-3-4-11-7-12-9/h1-4,6-7H,5H2. The van der Waals surface area contributed by atoms with Gasteiger partial charge in [-0.1, -0.05) is 6.08 Å². The van der Waals surface area contributed by atoms with Gasteiger partial charge in [-0.3, -0.25) is 0 Å². The summed E-state index contributed by atoms with van der Waals surface area (Å²) < 4.78 is 12.8. The van der Waals surface area contributed by atoms with Gasteiger partial charge in [0.15, 0.2) is 0 Å². The van der Waals surface area contributed by atoms with Gasteiger partial charge in [0.1, 0.15) is 18.0 Å². The van der Waals surface area contributed by atoms with Crippen LogP contribution in [0.1, 0.15) is 0 Å². The average Bonchev–Trinajstić information content (AvgIpc) is 2.19. The molecular formula is C9H8FN3. The monoisotopic (exact) mass is 177 g/mol. The Morgan fingerprint density at radius 3 is 3.08 bits per heavy atom. The summed E-state index contributed by atoms with van der Waals surface area (Å²) in [5.74, 6) is 0.444. The van der Waals surface area contributed by atoms with Crippen molar-refractivity contribution in [1.29, 1.82) is 0 Å². The molecule has 4 heteroatoms. The van der Waals surface area contributed by atoms with Gasteiger partial charge < -0.3 is 4.90 Å². The summed E-state index contributed by atoms with van der Waals surface area (Å²) in [5, 5.41) is 0. The van der Waals surface area contributed by atoms with E-state index in [2.05, 4.69) is 9.97 Å². The Balaban J connectivity index is 2.24. The van der Waals surface area contributed by atoms with Gasteiger partial charge in [-0.25, -0.2) is 14.4 Å². The first-order valence-corrected chi connectivity index (χ1v) is 3.93. The summed E-state index contributed by atoms with van der Waals surface area (Å²) >= 11 is 0. The first-order chi connectivity index (χ1) is 6.36. The lowest BCUT2D eigenvalue weighted by Gasteiger charge is -2.19. The number of hydrogen-bond acceptors (Lipinski definition) is 3. The number of anilines is 1. The predicted octanol–water partition coefficient (Wildman–Crippen LogP) is 1.66. The molecule has 0 atom stereocenters. The van der Waals surface area contributed by atoms with Crippen molar-refractivity contribution >= 4 is 5.82 Å². The minimum absolute atomic E-state index is 0.259. The van der Waals surface area contributed by atoms with Crippen molar-refractivity contribution in [2.75, 3.05) is 11.4 Å². The SMILES string of the molecule is FC1=CN(c2ccncn2)CC=C1. The third-order valence-corrected chi connectivity index (χ3v) is 1.72. The van der Waals surface area contributed by atoms with Crippen LogP contribution in [0.2, 0.25) is 0 Å². The smallest absolute Gasteiger partial charge is 0.139 e. The van der Waals surface area contributed by atoms with Crippen molar-refractivity contribution in [1.82, 2.24) is 9.97 Å². The summed E-state index contributed by atoms with van der Waals surface area (Å²) in [6.45, 7) is 0.643. The number of allylic oxidation sites excluding steroid dienone is 2. The number of halogens is 1. The number of aromatic nitrogens is 2. The Morgan fingerprint density at radius 1 is 1.46 bits per heavy atom. The molecule has 0 unspecified atom stereocenters. The molecule has 1 aromatic heterocycles. The molecule has 66 valence electrons. The van der Waals surface area contributed by atoms with Crippen molar-refractivity contribution in [3.8, 4) is 0 Å². The molecular weight excluding hydrogens is 169 g/mol. The van der Waals surface area contributed by atoms with Gasteiger partial charge in [-0.2, -0.15) is 0 Å². The molecule has 0 saturated carbocycles. The first-order valence-electron chi connectivity index (χ1n) is 3.93. The fraction of sp³-hybridized carbons (Fsp3) is 0.111. The number of nitrogens with zero attached hydrogens (tertiary/aromatic N) is 3. The van der Waals surface area contributed by atoms with Gasteiger partial charge >= 0.3 is 0 Å². The van der Waals surface area contributed by atoms with E-state index in [4.69, 9.17) is 0 Å². The van der Waals surface area contributed by atoms with Crippen LogP contribution in [0, 0.1) is 0 Å². The van der Waals surface area contributed by atoms with Crippen LogP contribution in [-0.4, -0.2) is 16.5 Å². The van der Waals surface area contributed by atoms with Crippen LogP contribution in [0.5, 0.6) is 0 Å². The third-order valence-electron chi connectivity index (χ3n) is 1.72. The van der Waals surface area contributed by atoms with E-state index in [1.54, 1.807) is 23.2 Å². The summed E-state index contributed by atoms with van der Waals surface area (Å²) in [6.07, 6.45) is 7.68. The largest absolute Gasteiger partial charge is 0.326 e. The van der Waals surface area contributed by atoms with Crippen molar-refractivity contribution in [2.24, 2.45) is 0 Å². The molecule has 0 saturated heterocycles. The molecule has 0 spiro atoms. The molecule has 1 aromatic rings. The maximum atomic E-state index is 12.8. The molecule has 0 fully saturated rings. The highest BCUT2D eigenvalue weighted by molar-refractivity contribution is 5.44. The van der Waals surface area contributed by atoms with Gasteiger partial charge in [0.2, 0.25) is 0 Å². The molecule has 0 aromatic carbocycles. The minimum atomic E-state index is -0.259. The summed E-state index contributed by atoms with van der Waals surface area (Å²) in [6, 6.07) is 1.74. The lowest BCUT2D eigenvalue weighted by Crippen LogP contribution is -2.19. The zero-order valence-corrected chi connectivity index (χ0v) is 6.89. The van der Waals surface area contributed by atoms with Crippen LogP contribution < -0.4 is 4.90 Å². The van der Waals surface area contributed by atoms with E-state index in [0.29, 0.717) is 12.4 Å². The van der Waals surface area contributed by atoms with Crippen LogP contribution in [0.25, 0.3) is 0 Å². The average molecular weight is 177 g/mol. The lowest BCUT2D eigenvalue weighted by atomic mass is 10.3. The second-order valence-corrected chi connectivity index (χ2v) is 2.64. The second kappa shape index (κ2) is 3.35. The van der Waals surface area contributed by atoms with Gasteiger partial charge in [0, 0.05) is 18.9 Å². The number of hydrogen-bond donors (Lipinski definition) is 0. The zero-order valence-electron chi connectivity index (χ0n) is 6.89. The molecule has 2 rings (SSSR count). The quantitative estimate of drug-likeness (QED) is 0.653. The second-order valence-electron chi connectivity index (χ2n) is 2.64. The molecule has 0 bridgehead atoms. The van der Waals surface area contributed by atoms with Crippen LogP contribution in [0.15, 0.2) is 42.8 Å². The molecule has 0 aliphatic carbocycles. The lowest BCUT2D eigenvalue weighted by molar-refractivity contribution is 0.654. The van der Waals surface area contributed by atoms with Gasteiger partial charge in [0.05, 0.1) is 0 Å². The molecule has 0 amide bonds. The Kier molecular flexibility index (Phi) is 2.04. The highest BCUT2D eigenvalue weighted by atomic mass is 19.1. The van der Waals surface area contributed by atoms with Crippen molar-refractivity contribution in [2.45, 2.75) is 0 Å². The highest BCUT2D eigenvalue weighted by Gasteiger charge is 2.07. The van der Waals surface area contributed by atoms with Gasteiger partial charge in [0.25, 0.3) is 0 Å². The Labute approximate surface area is 75.2 Å². The van der Waals surface area contributed by atoms with E-state index in [1.807, 2.05) is 0 Å². The van der Waals surface area contributed by atoms with Crippen LogP contribution >= 0.6 is 0 Å². The Hall–Kier alpha value is -1.71. The first kappa shape index (κ1) is 7.91. The third kappa shape index (κ3) is 1.72. The zero-order chi connectivity index (χ0) is 9.10. The molecule has 1 aliphatic rings. The van der Waals surface area contributed by atoms with Crippen LogP contribution in [0.3, 0.4) is 0 Å². The normalized spacial score (nSPS) is 15.8. The van der Waals surface area contributed by atoms with E-state index in [1.165, 1.54) is 18.6 Å². The van der Waals surface area contributed by atoms with E-state index in [9.17, 15) is 4.39 Å². The van der Waals surface area contributed by atoms with Crippen molar-refractivity contribution in [3.63, 3.8) is 0 Å². The maximum absolute atomic E-state index is 12.8. The number of rotatable bonds is 1. The predicted molar refractivity (Wildman–Crippen MR) is 47.7 cm³/mol. The van der Waals surface area contributed by atoms with Crippen LogP contribution in [-0.2, 0) is 0 Å². The molecule has 13 heavy (non-hydrogen) atoms. The summed E-state index contributed by atoms with van der Waals surface area (Å²) in [7, 11) is 0. The van der Waals surface area contributed by atoms with E-state index >= 15 is 0 Å². The van der Waals surface area contributed by atoms with Gasteiger partial charge in [-0.15, -0.1) is 0 Å². The molecule has 1 aliphatic heterocycles. The van der Waals surface area contributed by atoms with Crippen molar-refractivity contribution < 1.29 is 4.39 Å². The topological polar surface area (TPSA) is 29.0 Å². The fourth-order valence-electron chi connectivity index (χ4n) is 1.14. The summed E-state index contributed by atoms with van der Waals surface area (Å²) in [4.78, 5) is 9.51. The van der Waals surface area contributed by atoms with Crippen molar-refractivity contribution in [3.05, 3.63) is 42.8 Å². The molecule has 0 N–H and O–H groups in total. The van der Waals surface area contributed by atoms with E-state index in [-0.39, 0.29) is 5.83 Å².